The van der Waals surface area contributed by atoms with Gasteiger partial charge >= 0.3 is 0 Å². The lowest BCUT2D eigenvalue weighted by Crippen LogP contribution is -2.40. The minimum atomic E-state index is -0.412. The quantitative estimate of drug-likeness (QED) is 0.777. The van der Waals surface area contributed by atoms with E-state index in [-0.39, 0.29) is 19.1 Å². The summed E-state index contributed by atoms with van der Waals surface area (Å²) in [6.07, 6.45) is 0. The van der Waals surface area contributed by atoms with E-state index in [9.17, 15) is 4.79 Å². The summed E-state index contributed by atoms with van der Waals surface area (Å²) in [7, 11) is 1.51. The van der Waals surface area contributed by atoms with Gasteiger partial charge < -0.3 is 15.2 Å². The van der Waals surface area contributed by atoms with E-state index in [1.54, 1.807) is 18.2 Å². The highest BCUT2D eigenvalue weighted by atomic mass is 127. The number of nitrogens with one attached hydrogen (secondary N) is 1. The van der Waals surface area contributed by atoms with Gasteiger partial charge in [0.1, 0.15) is 0 Å². The Kier molecular flexibility index (Phi) is 6.18. The number of hydrogen-bond acceptors (Lipinski definition) is 3. The number of hydrogen-bond donors (Lipinski definition) is 2. The molecule has 6 heteroatoms. The highest BCUT2D eigenvalue weighted by Gasteiger charge is 2.13. The molecule has 1 amide bonds. The Bertz CT molecular complexity index is 400. The van der Waals surface area contributed by atoms with Crippen molar-refractivity contribution < 1.29 is 14.6 Å². The van der Waals surface area contributed by atoms with Crippen LogP contribution in [0.2, 0.25) is 5.02 Å². The Labute approximate surface area is 118 Å². The minimum absolute atomic E-state index is 0.169. The second-order valence-electron chi connectivity index (χ2n) is 3.44. The summed E-state index contributed by atoms with van der Waals surface area (Å²) in [6.45, 7) is 0.0953. The SMILES string of the molecule is COCC(CO)NC(=O)c1ccc(I)c(Cl)c1. The van der Waals surface area contributed by atoms with Crippen LogP contribution >= 0.6 is 34.2 Å². The molecule has 0 fully saturated rings. The van der Waals surface area contributed by atoms with Crippen molar-refractivity contribution in [1.82, 2.24) is 5.32 Å². The average Bonchev–Trinajstić information content (AvgIpc) is 2.31. The summed E-state index contributed by atoms with van der Waals surface area (Å²) in [5, 5.41) is 12.2. The van der Waals surface area contributed by atoms with Gasteiger partial charge in [0.05, 0.1) is 24.3 Å². The predicted molar refractivity (Wildman–Crippen MR) is 74.4 cm³/mol. The third kappa shape index (κ3) is 4.42. The number of aliphatic hydroxyl groups is 1. The van der Waals surface area contributed by atoms with E-state index in [4.69, 9.17) is 21.4 Å². The molecular formula is C11H13ClINO3. The van der Waals surface area contributed by atoms with Crippen molar-refractivity contribution in [3.63, 3.8) is 0 Å². The third-order valence-electron chi connectivity index (χ3n) is 2.11. The lowest BCUT2D eigenvalue weighted by Gasteiger charge is -2.15. The standard InChI is InChI=1S/C11H13ClINO3/c1-17-6-8(5-15)14-11(16)7-2-3-10(13)9(12)4-7/h2-4,8,15H,5-6H2,1H3,(H,14,16). The summed E-state index contributed by atoms with van der Waals surface area (Å²) in [5.74, 6) is -0.278. The Morgan fingerprint density at radius 1 is 1.65 bits per heavy atom. The molecule has 0 aliphatic carbocycles. The smallest absolute Gasteiger partial charge is 0.251 e. The van der Waals surface area contributed by atoms with Crippen LogP contribution in [-0.4, -0.2) is 37.4 Å². The van der Waals surface area contributed by atoms with Crippen molar-refractivity contribution in [3.8, 4) is 0 Å². The van der Waals surface area contributed by atoms with Gasteiger partial charge in [-0.2, -0.15) is 0 Å². The molecule has 0 heterocycles. The molecule has 0 bridgehead atoms. The van der Waals surface area contributed by atoms with Gasteiger partial charge in [0, 0.05) is 16.2 Å². The lowest BCUT2D eigenvalue weighted by atomic mass is 10.2. The van der Waals surface area contributed by atoms with E-state index in [1.165, 1.54) is 7.11 Å². The summed E-state index contributed by atoms with van der Waals surface area (Å²) in [5.41, 5.74) is 0.463. The zero-order valence-electron chi connectivity index (χ0n) is 9.24. The first kappa shape index (κ1) is 14.7. The predicted octanol–water partition coefficient (Wildman–Crippen LogP) is 1.68. The summed E-state index contributed by atoms with van der Waals surface area (Å²) >= 11 is 8.01. The normalized spacial score (nSPS) is 12.2. The molecule has 4 nitrogen and oxygen atoms in total. The molecule has 1 unspecified atom stereocenters. The second kappa shape index (κ2) is 7.15. The van der Waals surface area contributed by atoms with Crippen LogP contribution in [0, 0.1) is 3.57 Å². The number of ether oxygens (including phenoxy) is 1. The molecule has 0 spiro atoms. The summed E-state index contributed by atoms with van der Waals surface area (Å²) in [4.78, 5) is 11.8. The van der Waals surface area contributed by atoms with Gasteiger partial charge in [-0.25, -0.2) is 0 Å². The molecule has 2 N–H and O–H groups in total. The molecule has 0 radical (unpaired) electrons. The largest absolute Gasteiger partial charge is 0.394 e. The lowest BCUT2D eigenvalue weighted by molar-refractivity contribution is 0.0839. The van der Waals surface area contributed by atoms with E-state index in [2.05, 4.69) is 27.9 Å². The summed E-state index contributed by atoms with van der Waals surface area (Å²) < 4.78 is 5.76. The molecule has 0 saturated carbocycles. The van der Waals surface area contributed by atoms with Crippen molar-refractivity contribution in [3.05, 3.63) is 32.4 Å². The topological polar surface area (TPSA) is 58.6 Å². The van der Waals surface area contributed by atoms with Crippen LogP contribution in [0.15, 0.2) is 18.2 Å². The van der Waals surface area contributed by atoms with E-state index in [1.807, 2.05) is 0 Å². The fourth-order valence-electron chi connectivity index (χ4n) is 1.25. The highest BCUT2D eigenvalue weighted by Crippen LogP contribution is 2.19. The zero-order valence-corrected chi connectivity index (χ0v) is 12.2. The van der Waals surface area contributed by atoms with E-state index >= 15 is 0 Å². The second-order valence-corrected chi connectivity index (χ2v) is 5.01. The number of halogens is 2. The Hall–Kier alpha value is -0.370. The maximum Gasteiger partial charge on any atom is 0.251 e. The molecule has 0 aromatic heterocycles. The molecule has 1 rings (SSSR count). The molecule has 0 aliphatic rings. The van der Waals surface area contributed by atoms with Crippen molar-refractivity contribution in [2.75, 3.05) is 20.3 Å². The van der Waals surface area contributed by atoms with Crippen LogP contribution in [0.5, 0.6) is 0 Å². The molecule has 1 atom stereocenters. The van der Waals surface area contributed by atoms with Gasteiger partial charge in [0.2, 0.25) is 0 Å². The molecule has 0 saturated heterocycles. The number of amides is 1. The Morgan fingerprint density at radius 2 is 2.35 bits per heavy atom. The van der Waals surface area contributed by atoms with Gasteiger partial charge in [-0.05, 0) is 40.8 Å². The third-order valence-corrected chi connectivity index (χ3v) is 3.68. The molecule has 0 aliphatic heterocycles. The Morgan fingerprint density at radius 3 is 2.88 bits per heavy atom. The minimum Gasteiger partial charge on any atom is -0.394 e. The van der Waals surface area contributed by atoms with Crippen molar-refractivity contribution in [1.29, 1.82) is 0 Å². The van der Waals surface area contributed by atoms with Gasteiger partial charge in [-0.1, -0.05) is 11.6 Å². The van der Waals surface area contributed by atoms with Crippen molar-refractivity contribution >= 4 is 40.1 Å². The van der Waals surface area contributed by atoms with Crippen LogP contribution in [0.3, 0.4) is 0 Å². The van der Waals surface area contributed by atoms with Crippen LogP contribution in [-0.2, 0) is 4.74 Å². The van der Waals surface area contributed by atoms with Crippen LogP contribution in [0.1, 0.15) is 10.4 Å². The number of aliphatic hydroxyl groups excluding tert-OH is 1. The average molecular weight is 370 g/mol. The van der Waals surface area contributed by atoms with Crippen LogP contribution in [0.25, 0.3) is 0 Å². The fourth-order valence-corrected chi connectivity index (χ4v) is 1.76. The van der Waals surface area contributed by atoms with Gasteiger partial charge in [0.25, 0.3) is 5.91 Å². The first-order valence-corrected chi connectivity index (χ1v) is 6.40. The van der Waals surface area contributed by atoms with E-state index in [0.29, 0.717) is 10.6 Å². The van der Waals surface area contributed by atoms with Crippen LogP contribution in [0.4, 0.5) is 0 Å². The van der Waals surface area contributed by atoms with E-state index in [0.717, 1.165) is 3.57 Å². The van der Waals surface area contributed by atoms with Gasteiger partial charge in [-0.3, -0.25) is 4.79 Å². The van der Waals surface area contributed by atoms with Crippen molar-refractivity contribution in [2.45, 2.75) is 6.04 Å². The number of carbonyl (C=O) groups is 1. The number of carbonyl (C=O) groups excluding carboxylic acids is 1. The van der Waals surface area contributed by atoms with Gasteiger partial charge in [0.15, 0.2) is 0 Å². The van der Waals surface area contributed by atoms with E-state index < -0.39 is 6.04 Å². The number of benzene rings is 1. The molecular weight excluding hydrogens is 356 g/mol. The first-order chi connectivity index (χ1) is 8.08. The Balaban J connectivity index is 2.72. The molecule has 1 aromatic carbocycles. The number of rotatable bonds is 5. The molecule has 1 aromatic rings. The monoisotopic (exact) mass is 369 g/mol. The van der Waals surface area contributed by atoms with Crippen LogP contribution < -0.4 is 5.32 Å². The molecule has 94 valence electrons. The first-order valence-electron chi connectivity index (χ1n) is 4.94. The number of methoxy groups -OCH3 is 1. The van der Waals surface area contributed by atoms with Crippen molar-refractivity contribution in [2.24, 2.45) is 0 Å². The fraction of sp³-hybridized carbons (Fsp3) is 0.364. The maximum atomic E-state index is 11.8. The zero-order chi connectivity index (χ0) is 12.8. The summed E-state index contributed by atoms with van der Waals surface area (Å²) in [6, 6.07) is 4.64. The van der Waals surface area contributed by atoms with Gasteiger partial charge in [-0.15, -0.1) is 0 Å². The molecule has 17 heavy (non-hydrogen) atoms. The maximum absolute atomic E-state index is 11.8. The highest BCUT2D eigenvalue weighted by molar-refractivity contribution is 14.1.